The average Bonchev–Trinajstić information content (AvgIpc) is 2.17. The minimum atomic E-state index is -1.56. The Morgan fingerprint density at radius 3 is 2.18 bits per heavy atom. The first-order chi connectivity index (χ1) is 5.01. The second kappa shape index (κ2) is 2.71. The molecule has 0 aromatic carbocycles. The van der Waals surface area contributed by atoms with Gasteiger partial charge in [0.25, 0.3) is 0 Å². The van der Waals surface area contributed by atoms with Crippen molar-refractivity contribution in [2.45, 2.75) is 44.4 Å². The van der Waals surface area contributed by atoms with Crippen LogP contribution in [0.4, 0.5) is 0 Å². The van der Waals surface area contributed by atoms with Crippen LogP contribution >= 0.6 is 0 Å². The predicted octanol–water partition coefficient (Wildman–Crippen LogP) is -0.774. The zero-order valence-electron chi connectivity index (χ0n) is 6.69. The van der Waals surface area contributed by atoms with Gasteiger partial charge in [0.15, 0.2) is 5.79 Å². The van der Waals surface area contributed by atoms with Gasteiger partial charge in [0, 0.05) is 6.42 Å². The summed E-state index contributed by atoms with van der Waals surface area (Å²) in [4.78, 5) is 0. The first kappa shape index (κ1) is 8.93. The van der Waals surface area contributed by atoms with Gasteiger partial charge in [-0.25, -0.2) is 0 Å². The van der Waals surface area contributed by atoms with Crippen LogP contribution in [0, 0.1) is 0 Å². The molecule has 0 radical (unpaired) electrons. The summed E-state index contributed by atoms with van der Waals surface area (Å²) in [7, 11) is 0. The van der Waals surface area contributed by atoms with Crippen molar-refractivity contribution < 1.29 is 20.1 Å². The van der Waals surface area contributed by atoms with Crippen LogP contribution in [0.2, 0.25) is 0 Å². The van der Waals surface area contributed by atoms with Crippen molar-refractivity contribution in [2.75, 3.05) is 0 Å². The van der Waals surface area contributed by atoms with Crippen LogP contribution < -0.4 is 0 Å². The van der Waals surface area contributed by atoms with Crippen LogP contribution in [0.25, 0.3) is 0 Å². The Labute approximate surface area is 65.4 Å². The molecule has 0 saturated carbocycles. The molecule has 1 aliphatic heterocycles. The molecule has 1 fully saturated rings. The van der Waals surface area contributed by atoms with E-state index in [4.69, 9.17) is 4.74 Å². The van der Waals surface area contributed by atoms with Gasteiger partial charge in [-0.3, -0.25) is 0 Å². The normalized spacial score (nSPS) is 51.5. The summed E-state index contributed by atoms with van der Waals surface area (Å²) in [5.74, 6) is -1.56. The van der Waals surface area contributed by atoms with E-state index in [1.165, 1.54) is 0 Å². The molecular formula is C7H14O4. The minimum absolute atomic E-state index is 0.273. The lowest BCUT2D eigenvalue weighted by Crippen LogP contribution is -2.42. The quantitative estimate of drug-likeness (QED) is 0.473. The Morgan fingerprint density at radius 2 is 2.00 bits per heavy atom. The molecule has 0 aromatic heterocycles. The van der Waals surface area contributed by atoms with Crippen LogP contribution in [-0.4, -0.2) is 39.4 Å². The number of rotatable bonds is 1. The molecule has 0 aromatic rings. The second-order valence-corrected chi connectivity index (χ2v) is 2.96. The molecule has 1 aliphatic rings. The maximum Gasteiger partial charge on any atom is 0.194 e. The fraction of sp³-hybridized carbons (Fsp3) is 1.00. The Morgan fingerprint density at radius 1 is 1.45 bits per heavy atom. The van der Waals surface area contributed by atoms with Crippen molar-refractivity contribution in [2.24, 2.45) is 0 Å². The highest BCUT2D eigenvalue weighted by atomic mass is 16.7. The lowest BCUT2D eigenvalue weighted by Gasteiger charge is -2.23. The highest BCUT2D eigenvalue weighted by molar-refractivity contribution is 4.92. The highest BCUT2D eigenvalue weighted by Crippen LogP contribution is 2.31. The lowest BCUT2D eigenvalue weighted by atomic mass is 10.0. The number of aliphatic hydroxyl groups excluding tert-OH is 2. The van der Waals surface area contributed by atoms with Crippen molar-refractivity contribution in [3.05, 3.63) is 0 Å². The second-order valence-electron chi connectivity index (χ2n) is 2.96. The summed E-state index contributed by atoms with van der Waals surface area (Å²) in [5.41, 5.74) is 0. The van der Waals surface area contributed by atoms with E-state index in [0.717, 1.165) is 0 Å². The van der Waals surface area contributed by atoms with Crippen molar-refractivity contribution in [1.82, 2.24) is 0 Å². The van der Waals surface area contributed by atoms with Gasteiger partial charge in [-0.05, 0) is 6.92 Å². The minimum Gasteiger partial charge on any atom is -0.387 e. The summed E-state index contributed by atoms with van der Waals surface area (Å²) in [6.45, 7) is 3.30. The fourth-order valence-corrected chi connectivity index (χ4v) is 1.28. The average molecular weight is 162 g/mol. The van der Waals surface area contributed by atoms with Crippen molar-refractivity contribution in [3.63, 3.8) is 0 Å². The van der Waals surface area contributed by atoms with Crippen molar-refractivity contribution >= 4 is 0 Å². The van der Waals surface area contributed by atoms with Crippen LogP contribution in [0.1, 0.15) is 20.3 Å². The van der Waals surface area contributed by atoms with Gasteiger partial charge >= 0.3 is 0 Å². The molecule has 3 N–H and O–H groups in total. The molecule has 66 valence electrons. The van der Waals surface area contributed by atoms with Gasteiger partial charge in [0.05, 0.1) is 6.10 Å². The molecule has 11 heavy (non-hydrogen) atoms. The Hall–Kier alpha value is -0.160. The molecule has 4 unspecified atom stereocenters. The molecule has 4 heteroatoms. The largest absolute Gasteiger partial charge is 0.387 e. The predicted molar refractivity (Wildman–Crippen MR) is 37.8 cm³/mol. The maximum atomic E-state index is 9.48. The molecule has 0 amide bonds. The van der Waals surface area contributed by atoms with Crippen molar-refractivity contribution in [1.29, 1.82) is 0 Å². The maximum absolute atomic E-state index is 9.48. The Kier molecular flexibility index (Phi) is 2.20. The SMILES string of the molecule is CCC1(O)OC(C)C(O)C1O. The molecule has 0 bridgehead atoms. The lowest BCUT2D eigenvalue weighted by molar-refractivity contribution is -0.226. The first-order valence-electron chi connectivity index (χ1n) is 3.77. The molecule has 4 nitrogen and oxygen atoms in total. The van der Waals surface area contributed by atoms with E-state index in [0.29, 0.717) is 0 Å². The number of hydrogen-bond acceptors (Lipinski definition) is 4. The van der Waals surface area contributed by atoms with Gasteiger partial charge in [-0.15, -0.1) is 0 Å². The smallest absolute Gasteiger partial charge is 0.194 e. The van der Waals surface area contributed by atoms with E-state index in [2.05, 4.69) is 0 Å². The number of aliphatic hydroxyl groups is 3. The molecule has 0 aliphatic carbocycles. The van der Waals surface area contributed by atoms with Gasteiger partial charge < -0.3 is 20.1 Å². The molecular weight excluding hydrogens is 148 g/mol. The van der Waals surface area contributed by atoms with E-state index in [1.807, 2.05) is 0 Å². The third-order valence-electron chi connectivity index (χ3n) is 2.16. The molecule has 1 rings (SSSR count). The topological polar surface area (TPSA) is 69.9 Å². The standard InChI is InChI=1S/C7H14O4/c1-3-7(10)6(9)5(8)4(2)11-7/h4-6,8-10H,3H2,1-2H3. The van der Waals surface area contributed by atoms with Crippen LogP contribution in [-0.2, 0) is 4.74 Å². The van der Waals surface area contributed by atoms with E-state index in [9.17, 15) is 15.3 Å². The summed E-state index contributed by atoms with van der Waals surface area (Å²) < 4.78 is 4.98. The monoisotopic (exact) mass is 162 g/mol. The Balaban J connectivity index is 2.73. The highest BCUT2D eigenvalue weighted by Gasteiger charge is 2.50. The van der Waals surface area contributed by atoms with E-state index < -0.39 is 24.1 Å². The molecule has 4 atom stereocenters. The zero-order valence-corrected chi connectivity index (χ0v) is 6.69. The number of ether oxygens (including phenoxy) is 1. The fourth-order valence-electron chi connectivity index (χ4n) is 1.28. The summed E-state index contributed by atoms with van der Waals surface area (Å²) >= 11 is 0. The molecule has 0 spiro atoms. The van der Waals surface area contributed by atoms with Gasteiger partial charge in [0.2, 0.25) is 0 Å². The van der Waals surface area contributed by atoms with Crippen molar-refractivity contribution in [3.8, 4) is 0 Å². The van der Waals surface area contributed by atoms with Gasteiger partial charge in [-0.1, -0.05) is 6.92 Å². The van der Waals surface area contributed by atoms with E-state index in [1.54, 1.807) is 13.8 Å². The van der Waals surface area contributed by atoms with E-state index >= 15 is 0 Å². The third kappa shape index (κ3) is 1.27. The van der Waals surface area contributed by atoms with Gasteiger partial charge in [-0.2, -0.15) is 0 Å². The summed E-state index contributed by atoms with van der Waals surface area (Å²) in [6, 6.07) is 0. The zero-order chi connectivity index (χ0) is 8.65. The third-order valence-corrected chi connectivity index (χ3v) is 2.16. The van der Waals surface area contributed by atoms with Crippen LogP contribution in [0.5, 0.6) is 0 Å². The summed E-state index contributed by atoms with van der Waals surface area (Å²) in [5, 5.41) is 27.9. The van der Waals surface area contributed by atoms with Crippen LogP contribution in [0.15, 0.2) is 0 Å². The van der Waals surface area contributed by atoms with Crippen LogP contribution in [0.3, 0.4) is 0 Å². The van der Waals surface area contributed by atoms with E-state index in [-0.39, 0.29) is 6.42 Å². The molecule has 1 heterocycles. The Bertz CT molecular complexity index is 149. The number of hydrogen-bond donors (Lipinski definition) is 3. The molecule has 1 saturated heterocycles. The summed E-state index contributed by atoms with van der Waals surface area (Å²) in [6.07, 6.45) is -2.41. The van der Waals surface area contributed by atoms with Gasteiger partial charge in [0.1, 0.15) is 12.2 Å². The first-order valence-corrected chi connectivity index (χ1v) is 3.77.